The van der Waals surface area contributed by atoms with E-state index in [-0.39, 0.29) is 24.1 Å². The average molecular weight is 590 g/mol. The van der Waals surface area contributed by atoms with Crippen LogP contribution in [0.2, 0.25) is 0 Å². The SMILES string of the molecule is CNc1nc(Nc2cccc(CN3CCC(C(=O)NCC(F)(F)F)CC3)c2)nc2c1ncn2C(=O)N[C@@H]1CC[C@H]1OC. The molecule has 2 aromatic heterocycles. The van der Waals surface area contributed by atoms with Gasteiger partial charge in [-0.25, -0.2) is 14.3 Å². The maximum absolute atomic E-state index is 13.0. The molecule has 5 rings (SSSR count). The summed E-state index contributed by atoms with van der Waals surface area (Å²) >= 11 is 0. The van der Waals surface area contributed by atoms with Crippen LogP contribution in [0.1, 0.15) is 31.2 Å². The molecule has 1 aromatic carbocycles. The zero-order valence-electron chi connectivity index (χ0n) is 23.4. The fourth-order valence-corrected chi connectivity index (χ4v) is 5.24. The standard InChI is InChI=1S/C27H34F3N9O3/c1-31-22-21-23(39(15-33-21)26(41)35-19-6-7-20(19)42-2)37-25(36-22)34-18-5-3-4-16(12-18)13-38-10-8-17(9-11-38)24(40)32-14-27(28,29)30/h3-5,12,15,17,19-20H,6-11,13-14H2,1-2H3,(H,32,40)(H,35,41)(H2,31,34,36,37)/t19-,20-/m1/s1. The molecule has 2 fully saturated rings. The molecule has 2 amide bonds. The van der Waals surface area contributed by atoms with Gasteiger partial charge >= 0.3 is 12.2 Å². The van der Waals surface area contributed by atoms with Crippen LogP contribution in [0.25, 0.3) is 11.2 Å². The Morgan fingerprint density at radius 2 is 1.90 bits per heavy atom. The third kappa shape index (κ3) is 6.90. The van der Waals surface area contributed by atoms with E-state index in [4.69, 9.17) is 4.74 Å². The third-order valence-electron chi connectivity index (χ3n) is 7.69. The quantitative estimate of drug-likeness (QED) is 0.296. The highest BCUT2D eigenvalue weighted by molar-refractivity contribution is 5.92. The lowest BCUT2D eigenvalue weighted by Gasteiger charge is -2.35. The molecule has 1 saturated carbocycles. The molecule has 2 atom stereocenters. The topological polar surface area (TPSA) is 138 Å². The first-order valence-electron chi connectivity index (χ1n) is 13.8. The van der Waals surface area contributed by atoms with Gasteiger partial charge in [-0.3, -0.25) is 9.69 Å². The molecule has 226 valence electrons. The van der Waals surface area contributed by atoms with Crippen LogP contribution in [-0.4, -0.2) is 88.5 Å². The largest absolute Gasteiger partial charge is 0.405 e. The number of hydrogen-bond donors (Lipinski definition) is 4. The molecule has 2 aliphatic rings. The molecule has 0 radical (unpaired) electrons. The van der Waals surface area contributed by atoms with Crippen molar-refractivity contribution < 1.29 is 27.5 Å². The lowest BCUT2D eigenvalue weighted by molar-refractivity contribution is -0.141. The van der Waals surface area contributed by atoms with Crippen molar-refractivity contribution in [1.29, 1.82) is 0 Å². The summed E-state index contributed by atoms with van der Waals surface area (Å²) in [5, 5.41) is 11.2. The number of piperidine rings is 1. The average Bonchev–Trinajstić information content (AvgIpc) is 3.38. The number of fused-ring (bicyclic) bond motifs is 1. The molecule has 3 heterocycles. The summed E-state index contributed by atoms with van der Waals surface area (Å²) in [5.41, 5.74) is 2.55. The van der Waals surface area contributed by atoms with Gasteiger partial charge in [-0.15, -0.1) is 0 Å². The van der Waals surface area contributed by atoms with E-state index in [2.05, 4.69) is 35.8 Å². The van der Waals surface area contributed by atoms with E-state index in [1.54, 1.807) is 14.2 Å². The number of anilines is 3. The summed E-state index contributed by atoms with van der Waals surface area (Å²) in [4.78, 5) is 40.7. The zero-order valence-corrected chi connectivity index (χ0v) is 23.4. The van der Waals surface area contributed by atoms with Crippen molar-refractivity contribution in [1.82, 2.24) is 35.1 Å². The minimum Gasteiger partial charge on any atom is -0.379 e. The van der Waals surface area contributed by atoms with Crippen molar-refractivity contribution >= 4 is 40.6 Å². The highest BCUT2D eigenvalue weighted by Crippen LogP contribution is 2.26. The first-order valence-corrected chi connectivity index (χ1v) is 13.8. The summed E-state index contributed by atoms with van der Waals surface area (Å²) in [6.45, 7) is 0.518. The molecule has 0 bridgehead atoms. The summed E-state index contributed by atoms with van der Waals surface area (Å²) in [5.74, 6) is -0.221. The van der Waals surface area contributed by atoms with E-state index in [1.807, 2.05) is 29.6 Å². The summed E-state index contributed by atoms with van der Waals surface area (Å²) in [7, 11) is 3.34. The number of ether oxygens (including phenoxy) is 1. The van der Waals surface area contributed by atoms with Crippen molar-refractivity contribution in [3.8, 4) is 0 Å². The van der Waals surface area contributed by atoms with Gasteiger partial charge in [0.2, 0.25) is 11.9 Å². The summed E-state index contributed by atoms with van der Waals surface area (Å²) < 4.78 is 44.0. The maximum atomic E-state index is 13.0. The first-order chi connectivity index (χ1) is 20.1. The van der Waals surface area contributed by atoms with E-state index >= 15 is 0 Å². The number of halogens is 3. The fraction of sp³-hybridized carbons (Fsp3) is 0.519. The lowest BCUT2D eigenvalue weighted by atomic mass is 9.89. The van der Waals surface area contributed by atoms with Crippen LogP contribution in [-0.2, 0) is 16.1 Å². The van der Waals surface area contributed by atoms with Gasteiger partial charge in [0, 0.05) is 32.3 Å². The number of aromatic nitrogens is 4. The smallest absolute Gasteiger partial charge is 0.379 e. The normalized spacial score (nSPS) is 19.7. The number of likely N-dealkylation sites (tertiary alicyclic amines) is 1. The molecule has 3 aromatic rings. The summed E-state index contributed by atoms with van der Waals surface area (Å²) in [6.07, 6.45) is -0.278. The predicted molar refractivity (Wildman–Crippen MR) is 149 cm³/mol. The van der Waals surface area contributed by atoms with Crippen LogP contribution in [0.3, 0.4) is 0 Å². The number of carbonyl (C=O) groups is 2. The van der Waals surface area contributed by atoms with Crippen molar-refractivity contribution in [2.75, 3.05) is 44.4 Å². The minimum absolute atomic E-state index is 0.00938. The Morgan fingerprint density at radius 3 is 2.57 bits per heavy atom. The highest BCUT2D eigenvalue weighted by Gasteiger charge is 2.33. The van der Waals surface area contributed by atoms with E-state index < -0.39 is 24.5 Å². The predicted octanol–water partition coefficient (Wildman–Crippen LogP) is 3.24. The molecule has 12 nitrogen and oxygen atoms in total. The number of benzene rings is 1. The van der Waals surface area contributed by atoms with Crippen molar-refractivity contribution in [3.63, 3.8) is 0 Å². The van der Waals surface area contributed by atoms with E-state index in [9.17, 15) is 22.8 Å². The number of rotatable bonds is 9. The van der Waals surface area contributed by atoms with Crippen molar-refractivity contribution in [2.45, 2.75) is 50.6 Å². The molecule has 1 saturated heterocycles. The molecular formula is C27H34F3N9O3. The Hall–Kier alpha value is -3.98. The second-order valence-corrected chi connectivity index (χ2v) is 10.5. The van der Waals surface area contributed by atoms with E-state index in [0.717, 1.165) is 24.1 Å². The van der Waals surface area contributed by atoms with Gasteiger partial charge in [0.25, 0.3) is 0 Å². The Labute approximate surface area is 240 Å². The molecule has 0 spiro atoms. The number of carbonyl (C=O) groups excluding carboxylic acids is 2. The fourth-order valence-electron chi connectivity index (χ4n) is 5.24. The number of alkyl halides is 3. The molecule has 42 heavy (non-hydrogen) atoms. The highest BCUT2D eigenvalue weighted by atomic mass is 19.4. The van der Waals surface area contributed by atoms with Crippen LogP contribution in [0.4, 0.5) is 35.4 Å². The van der Waals surface area contributed by atoms with Crippen molar-refractivity contribution in [2.24, 2.45) is 5.92 Å². The van der Waals surface area contributed by atoms with E-state index in [1.165, 1.54) is 10.9 Å². The van der Waals surface area contributed by atoms with Gasteiger partial charge in [-0.05, 0) is 56.5 Å². The third-order valence-corrected chi connectivity index (χ3v) is 7.69. The summed E-state index contributed by atoms with van der Waals surface area (Å²) in [6, 6.07) is 7.29. The second kappa shape index (κ2) is 12.5. The molecule has 1 aliphatic carbocycles. The van der Waals surface area contributed by atoms with Gasteiger partial charge < -0.3 is 26.0 Å². The van der Waals surface area contributed by atoms with Gasteiger partial charge in [0.15, 0.2) is 17.0 Å². The first kappa shape index (κ1) is 29.5. The number of nitrogens with one attached hydrogen (secondary N) is 4. The van der Waals surface area contributed by atoms with Crippen LogP contribution in [0.15, 0.2) is 30.6 Å². The molecule has 4 N–H and O–H groups in total. The Bertz CT molecular complexity index is 1420. The van der Waals surface area contributed by atoms with Gasteiger partial charge in [-0.2, -0.15) is 23.1 Å². The van der Waals surface area contributed by atoms with Crippen LogP contribution >= 0.6 is 0 Å². The number of nitrogens with zero attached hydrogens (tertiary/aromatic N) is 5. The molecular weight excluding hydrogens is 555 g/mol. The number of imidazole rings is 1. The van der Waals surface area contributed by atoms with Gasteiger partial charge in [0.05, 0.1) is 12.1 Å². The van der Waals surface area contributed by atoms with E-state index in [0.29, 0.717) is 49.5 Å². The second-order valence-electron chi connectivity index (χ2n) is 10.5. The monoisotopic (exact) mass is 589 g/mol. The minimum atomic E-state index is -4.42. The van der Waals surface area contributed by atoms with Gasteiger partial charge in [0.1, 0.15) is 12.9 Å². The molecule has 1 aliphatic heterocycles. The van der Waals surface area contributed by atoms with Gasteiger partial charge in [-0.1, -0.05) is 12.1 Å². The van der Waals surface area contributed by atoms with Crippen molar-refractivity contribution in [3.05, 3.63) is 36.2 Å². The Kier molecular flexibility index (Phi) is 8.77. The molecule has 0 unspecified atom stereocenters. The van der Waals surface area contributed by atoms with Crippen LogP contribution in [0.5, 0.6) is 0 Å². The Morgan fingerprint density at radius 1 is 1.12 bits per heavy atom. The number of amides is 2. The zero-order chi connectivity index (χ0) is 29.9. The number of hydrogen-bond acceptors (Lipinski definition) is 9. The Balaban J connectivity index is 1.23. The van der Waals surface area contributed by atoms with Crippen LogP contribution in [0, 0.1) is 5.92 Å². The van der Waals surface area contributed by atoms with Crippen LogP contribution < -0.4 is 21.3 Å². The molecule has 15 heteroatoms. The maximum Gasteiger partial charge on any atom is 0.405 e. The lowest BCUT2D eigenvalue weighted by Crippen LogP contribution is -2.52. The number of methoxy groups -OCH3 is 1.